The molecule has 2 amide bonds. The molecule has 0 heterocycles. The van der Waals surface area contributed by atoms with Gasteiger partial charge in [-0.05, 0) is 73.5 Å². The van der Waals surface area contributed by atoms with Crippen LogP contribution in [0, 0.1) is 23.7 Å². The van der Waals surface area contributed by atoms with Gasteiger partial charge in [0.1, 0.15) is 23.0 Å². The number of para-hydroxylation sites is 2. The molecule has 0 aromatic heterocycles. The Balaban J connectivity index is 1.32. The first kappa shape index (κ1) is 33.7. The van der Waals surface area contributed by atoms with E-state index in [1.807, 2.05) is 60.7 Å². The number of carboxylic acids is 2. The minimum Gasteiger partial charge on any atom is -0.481 e. The van der Waals surface area contributed by atoms with Crippen molar-refractivity contribution < 1.29 is 38.9 Å². The zero-order chi connectivity index (χ0) is 34.5. The second kappa shape index (κ2) is 14.4. The van der Waals surface area contributed by atoms with Crippen LogP contribution in [0.2, 0.25) is 0 Å². The molecular weight excluding hydrogens is 612 g/mol. The van der Waals surface area contributed by atoms with Crippen LogP contribution in [0.1, 0.15) is 37.1 Å². The summed E-state index contributed by atoms with van der Waals surface area (Å²) in [5.74, 6) is -7.38. The molecule has 4 unspecified atom stereocenters. The number of aliphatic carboxylic acids is 2. The van der Waals surface area contributed by atoms with Gasteiger partial charge in [0, 0.05) is 14.1 Å². The summed E-state index contributed by atoms with van der Waals surface area (Å²) in [4.78, 5) is 55.3. The number of nitrogens with zero attached hydrogens (tertiary/aromatic N) is 2. The zero-order valence-electron chi connectivity index (χ0n) is 27.1. The molecule has 1 saturated carbocycles. The summed E-state index contributed by atoms with van der Waals surface area (Å²) < 4.78 is 11.7. The molecule has 10 heteroatoms. The van der Waals surface area contributed by atoms with Gasteiger partial charge < -0.3 is 29.5 Å². The molecule has 4 aromatic rings. The maximum Gasteiger partial charge on any atom is 0.308 e. The van der Waals surface area contributed by atoms with Crippen molar-refractivity contribution in [2.24, 2.45) is 23.7 Å². The van der Waals surface area contributed by atoms with Gasteiger partial charge in [-0.2, -0.15) is 0 Å². The summed E-state index contributed by atoms with van der Waals surface area (Å²) in [7, 11) is 3.06. The largest absolute Gasteiger partial charge is 0.481 e. The molecule has 1 aliphatic carbocycles. The quantitative estimate of drug-likeness (QED) is 0.174. The minimum absolute atomic E-state index is 0.509. The lowest BCUT2D eigenvalue weighted by atomic mass is 9.55. The van der Waals surface area contributed by atoms with E-state index in [4.69, 9.17) is 9.47 Å². The Labute approximate surface area is 279 Å². The Morgan fingerprint density at radius 1 is 0.500 bits per heavy atom. The molecule has 0 spiro atoms. The smallest absolute Gasteiger partial charge is 0.308 e. The first-order valence-electron chi connectivity index (χ1n) is 15.6. The van der Waals surface area contributed by atoms with Gasteiger partial charge in [0.15, 0.2) is 0 Å². The van der Waals surface area contributed by atoms with E-state index >= 15 is 0 Å². The summed E-state index contributed by atoms with van der Waals surface area (Å²) in [6.45, 7) is 3.56. The molecule has 1 aliphatic rings. The molecular formula is C38H38N2O8. The molecule has 0 saturated heterocycles. The topological polar surface area (TPSA) is 134 Å². The van der Waals surface area contributed by atoms with Crippen LogP contribution < -0.4 is 9.47 Å². The van der Waals surface area contributed by atoms with Gasteiger partial charge in [0.25, 0.3) is 0 Å². The van der Waals surface area contributed by atoms with Crippen LogP contribution in [-0.4, -0.2) is 57.9 Å². The molecule has 2 N–H and O–H groups in total. The average Bonchev–Trinajstić information content (AvgIpc) is 3.07. The standard InChI is InChI=1S/C38H38N2O8/c1-23(25-15-19-29(20-16-25)47-27-11-7-5-8-12-27)39(3)35(41)31-32(34(38(45)46)33(31)37(43)44)36(42)40(4)24(2)26-17-21-30(22-18-26)48-28-13-9-6-10-14-28/h5-24,31-34H,1-4H3,(H,43,44)(H,45,46)/t23-,24-,31?,32?,33?,34?/m0/s1. The average molecular weight is 651 g/mol. The summed E-state index contributed by atoms with van der Waals surface area (Å²) >= 11 is 0. The van der Waals surface area contributed by atoms with Gasteiger partial charge in [-0.25, -0.2) is 0 Å². The summed E-state index contributed by atoms with van der Waals surface area (Å²) in [6.07, 6.45) is 0. The summed E-state index contributed by atoms with van der Waals surface area (Å²) in [6, 6.07) is 31.8. The van der Waals surface area contributed by atoms with E-state index in [9.17, 15) is 29.4 Å². The molecule has 0 radical (unpaired) electrons. The van der Waals surface area contributed by atoms with E-state index in [2.05, 4.69) is 0 Å². The fraction of sp³-hybridized carbons (Fsp3) is 0.263. The number of amides is 2. The number of carbonyl (C=O) groups excluding carboxylic acids is 2. The van der Waals surface area contributed by atoms with Gasteiger partial charge in [0.05, 0.1) is 35.8 Å². The fourth-order valence-electron chi connectivity index (χ4n) is 6.15. The van der Waals surface area contributed by atoms with Crippen molar-refractivity contribution in [3.63, 3.8) is 0 Å². The second-order valence-corrected chi connectivity index (χ2v) is 12.0. The number of hydrogen-bond donors (Lipinski definition) is 2. The fourth-order valence-corrected chi connectivity index (χ4v) is 6.15. The van der Waals surface area contributed by atoms with Gasteiger partial charge in [-0.3, -0.25) is 19.2 Å². The van der Waals surface area contributed by atoms with E-state index in [1.54, 1.807) is 62.4 Å². The molecule has 6 atom stereocenters. The second-order valence-electron chi connectivity index (χ2n) is 12.0. The first-order valence-corrected chi connectivity index (χ1v) is 15.6. The zero-order valence-corrected chi connectivity index (χ0v) is 27.1. The van der Waals surface area contributed by atoms with Crippen molar-refractivity contribution in [1.82, 2.24) is 9.80 Å². The lowest BCUT2D eigenvalue weighted by Crippen LogP contribution is -2.64. The number of hydrogen-bond acceptors (Lipinski definition) is 6. The number of rotatable bonds is 12. The Kier molecular flexibility index (Phi) is 10.1. The number of benzene rings is 4. The molecule has 10 nitrogen and oxygen atoms in total. The van der Waals surface area contributed by atoms with Crippen molar-refractivity contribution in [2.45, 2.75) is 25.9 Å². The van der Waals surface area contributed by atoms with Crippen molar-refractivity contribution >= 4 is 23.8 Å². The third kappa shape index (κ3) is 7.02. The highest BCUT2D eigenvalue weighted by Gasteiger charge is 2.64. The van der Waals surface area contributed by atoms with Crippen molar-refractivity contribution in [3.8, 4) is 23.0 Å². The Bertz CT molecular complexity index is 1610. The Morgan fingerprint density at radius 2 is 0.792 bits per heavy atom. The number of carboxylic acid groups (broad SMARTS) is 2. The molecule has 0 bridgehead atoms. The maximum atomic E-state index is 14.0. The highest BCUT2D eigenvalue weighted by molar-refractivity contribution is 5.99. The van der Waals surface area contributed by atoms with Crippen LogP contribution in [0.5, 0.6) is 23.0 Å². The van der Waals surface area contributed by atoms with Crippen molar-refractivity contribution in [3.05, 3.63) is 120 Å². The van der Waals surface area contributed by atoms with Crippen molar-refractivity contribution in [1.29, 1.82) is 0 Å². The lowest BCUT2D eigenvalue weighted by Gasteiger charge is -2.48. The van der Waals surface area contributed by atoms with Crippen LogP contribution in [0.15, 0.2) is 109 Å². The van der Waals surface area contributed by atoms with Gasteiger partial charge >= 0.3 is 11.9 Å². The van der Waals surface area contributed by atoms with E-state index in [-0.39, 0.29) is 0 Å². The number of carbonyl (C=O) groups is 4. The number of ether oxygens (including phenoxy) is 2. The molecule has 0 aliphatic heterocycles. The maximum absolute atomic E-state index is 14.0. The van der Waals surface area contributed by atoms with E-state index in [0.717, 1.165) is 11.1 Å². The molecule has 5 rings (SSSR count). The van der Waals surface area contributed by atoms with Crippen LogP contribution in [0.4, 0.5) is 0 Å². The van der Waals surface area contributed by atoms with E-state index in [1.165, 1.54) is 23.9 Å². The van der Waals surface area contributed by atoms with E-state index < -0.39 is 59.5 Å². The minimum atomic E-state index is -1.56. The summed E-state index contributed by atoms with van der Waals surface area (Å²) in [5.41, 5.74) is 1.50. The van der Waals surface area contributed by atoms with Crippen LogP contribution in [0.3, 0.4) is 0 Å². The normalized spacial score (nSPS) is 19.6. The lowest BCUT2D eigenvalue weighted by molar-refractivity contribution is -0.187. The highest BCUT2D eigenvalue weighted by atomic mass is 16.5. The van der Waals surface area contributed by atoms with Gasteiger partial charge in [-0.1, -0.05) is 60.7 Å². The predicted molar refractivity (Wildman–Crippen MR) is 178 cm³/mol. The molecule has 4 aromatic carbocycles. The van der Waals surface area contributed by atoms with Crippen LogP contribution >= 0.6 is 0 Å². The first-order chi connectivity index (χ1) is 23.0. The van der Waals surface area contributed by atoms with Gasteiger partial charge in [-0.15, -0.1) is 0 Å². The van der Waals surface area contributed by atoms with Crippen LogP contribution in [-0.2, 0) is 19.2 Å². The van der Waals surface area contributed by atoms with Crippen molar-refractivity contribution in [2.75, 3.05) is 14.1 Å². The molecule has 48 heavy (non-hydrogen) atoms. The third-order valence-corrected chi connectivity index (χ3v) is 9.23. The Hall–Kier alpha value is -5.64. The van der Waals surface area contributed by atoms with Gasteiger partial charge in [0.2, 0.25) is 11.8 Å². The van der Waals surface area contributed by atoms with E-state index in [0.29, 0.717) is 23.0 Å². The Morgan fingerprint density at radius 3 is 1.08 bits per heavy atom. The molecule has 248 valence electrons. The highest BCUT2D eigenvalue weighted by Crippen LogP contribution is 2.49. The monoisotopic (exact) mass is 650 g/mol. The third-order valence-electron chi connectivity index (χ3n) is 9.23. The SMILES string of the molecule is C[C@@H](c1ccc(Oc2ccccc2)cc1)N(C)C(=O)C1C(C(=O)O)C(C(=O)O)C1C(=O)N(C)[C@@H](C)c1ccc(Oc2ccccc2)cc1. The predicted octanol–water partition coefficient (Wildman–Crippen LogP) is 6.66. The molecule has 1 fully saturated rings. The summed E-state index contributed by atoms with van der Waals surface area (Å²) in [5, 5.41) is 20.1. The van der Waals surface area contributed by atoms with Crippen LogP contribution in [0.25, 0.3) is 0 Å².